The van der Waals surface area contributed by atoms with Gasteiger partial charge < -0.3 is 19.3 Å². The van der Waals surface area contributed by atoms with E-state index in [0.717, 1.165) is 24.3 Å². The molecule has 0 amide bonds. The third-order valence-corrected chi connectivity index (χ3v) is 4.89. The first kappa shape index (κ1) is 28.8. The van der Waals surface area contributed by atoms with Crippen LogP contribution in [0.15, 0.2) is 56.0 Å². The van der Waals surface area contributed by atoms with Crippen molar-refractivity contribution in [3.63, 3.8) is 0 Å². The van der Waals surface area contributed by atoms with Crippen molar-refractivity contribution in [2.24, 2.45) is 0 Å². The fraction of sp³-hybridized carbons (Fsp3) is 0. The molecule has 26 heavy (non-hydrogen) atoms. The molecule has 0 saturated heterocycles. The molecule has 2 rings (SSSR count). The van der Waals surface area contributed by atoms with Gasteiger partial charge in [0.1, 0.15) is 31.7 Å². The molecular formula is C12H10Na2O8S4. The van der Waals surface area contributed by atoms with Crippen molar-refractivity contribution in [2.75, 3.05) is 0 Å². The van der Waals surface area contributed by atoms with Gasteiger partial charge in [-0.25, -0.2) is 16.8 Å². The number of thiol groups is 2. The van der Waals surface area contributed by atoms with E-state index in [1.165, 1.54) is 12.1 Å². The van der Waals surface area contributed by atoms with Crippen LogP contribution in [0.25, 0.3) is 0 Å². The van der Waals surface area contributed by atoms with Gasteiger partial charge in [0, 0.05) is 9.79 Å². The summed E-state index contributed by atoms with van der Waals surface area (Å²) in [5.74, 6) is -0.648. The molecule has 2 aromatic rings. The predicted octanol–water partition coefficient (Wildman–Crippen LogP) is -4.82. The van der Waals surface area contributed by atoms with Crippen molar-refractivity contribution in [3.05, 3.63) is 36.4 Å². The van der Waals surface area contributed by atoms with E-state index in [0.29, 0.717) is 0 Å². The molecule has 0 aromatic heterocycles. The van der Waals surface area contributed by atoms with Gasteiger partial charge >= 0.3 is 59.1 Å². The van der Waals surface area contributed by atoms with Crippen molar-refractivity contribution in [3.8, 4) is 11.5 Å². The maximum absolute atomic E-state index is 10.4. The first-order chi connectivity index (χ1) is 10.8. The van der Waals surface area contributed by atoms with Gasteiger partial charge in [0.05, 0.1) is 9.79 Å². The van der Waals surface area contributed by atoms with Crippen LogP contribution in [0.1, 0.15) is 0 Å². The first-order valence-electron chi connectivity index (χ1n) is 5.78. The van der Waals surface area contributed by atoms with Crippen LogP contribution in [0, 0.1) is 0 Å². The van der Waals surface area contributed by atoms with Crippen molar-refractivity contribution >= 4 is 45.5 Å². The minimum atomic E-state index is -4.49. The summed E-state index contributed by atoms with van der Waals surface area (Å²) in [5.41, 5.74) is 0. The van der Waals surface area contributed by atoms with Gasteiger partial charge in [-0.1, -0.05) is 0 Å². The van der Waals surface area contributed by atoms with E-state index >= 15 is 0 Å². The van der Waals surface area contributed by atoms with Crippen molar-refractivity contribution in [2.45, 2.75) is 19.6 Å². The Morgan fingerprint density at radius 2 is 0.962 bits per heavy atom. The molecule has 0 aliphatic heterocycles. The van der Waals surface area contributed by atoms with E-state index in [2.05, 4.69) is 25.3 Å². The van der Waals surface area contributed by atoms with Crippen molar-refractivity contribution in [1.82, 2.24) is 0 Å². The van der Waals surface area contributed by atoms with Crippen LogP contribution in [-0.4, -0.2) is 36.2 Å². The average molecular weight is 456 g/mol. The Hall–Kier alpha value is 0.560. The zero-order valence-electron chi connectivity index (χ0n) is 13.5. The summed E-state index contributed by atoms with van der Waals surface area (Å²) in [6, 6.07) is 6.39. The molecule has 0 spiro atoms. The van der Waals surface area contributed by atoms with Crippen LogP contribution in [0.2, 0.25) is 0 Å². The topological polar surface area (TPSA) is 155 Å². The fourth-order valence-electron chi connectivity index (χ4n) is 1.32. The summed E-state index contributed by atoms with van der Waals surface area (Å²) in [6.07, 6.45) is 0. The number of hydrogen-bond acceptors (Lipinski definition) is 10. The average Bonchev–Trinajstić information content (AvgIpc) is 2.43. The summed E-state index contributed by atoms with van der Waals surface area (Å²) < 4.78 is 62.4. The summed E-state index contributed by atoms with van der Waals surface area (Å²) in [6.45, 7) is 0. The van der Waals surface area contributed by atoms with Gasteiger partial charge in [-0.05, 0) is 36.4 Å². The molecule has 0 radical (unpaired) electrons. The predicted molar refractivity (Wildman–Crippen MR) is 86.6 cm³/mol. The second kappa shape index (κ2) is 11.5. The molecule has 8 nitrogen and oxygen atoms in total. The number of aromatic hydroxyl groups is 2. The molecule has 0 aliphatic rings. The Kier molecular flexibility index (Phi) is 12.8. The second-order valence-corrected chi connectivity index (χ2v) is 7.93. The number of benzene rings is 2. The van der Waals surface area contributed by atoms with Crippen LogP contribution < -0.4 is 59.1 Å². The van der Waals surface area contributed by atoms with E-state index in [9.17, 15) is 25.9 Å². The van der Waals surface area contributed by atoms with Gasteiger partial charge in [-0.15, -0.1) is 25.3 Å². The zero-order chi connectivity index (χ0) is 18.7. The quantitative estimate of drug-likeness (QED) is 0.199. The second-order valence-electron chi connectivity index (χ2n) is 4.21. The molecule has 0 unspecified atom stereocenters. The van der Waals surface area contributed by atoms with E-state index < -0.39 is 30.0 Å². The third kappa shape index (κ3) is 9.17. The Bertz CT molecular complexity index is 882. The maximum atomic E-state index is 10.4. The number of phenols is 2. The standard InChI is InChI=1S/2C6H6O4S2.2Na/c2*7-5-3-4(12(8,9)10)1-2-6(5)11;;/h2*1-3,7,11H,(H,8,9,10);;/q;;2*+1/p-2. The van der Waals surface area contributed by atoms with Gasteiger partial charge in [0.15, 0.2) is 0 Å². The molecule has 0 bridgehead atoms. The summed E-state index contributed by atoms with van der Waals surface area (Å²) >= 11 is 7.59. The Labute approximate surface area is 205 Å². The molecule has 2 N–H and O–H groups in total. The van der Waals surface area contributed by atoms with Gasteiger partial charge in [0.25, 0.3) is 0 Å². The van der Waals surface area contributed by atoms with Gasteiger partial charge in [-0.3, -0.25) is 0 Å². The van der Waals surface area contributed by atoms with E-state index in [4.69, 9.17) is 10.2 Å². The normalized spacial score (nSPS) is 10.6. The van der Waals surface area contributed by atoms with Crippen molar-refractivity contribution in [1.29, 1.82) is 0 Å². The molecule has 0 aliphatic carbocycles. The molecule has 0 fully saturated rings. The van der Waals surface area contributed by atoms with Gasteiger partial charge in [-0.2, -0.15) is 0 Å². The van der Waals surface area contributed by atoms with Gasteiger partial charge in [0.2, 0.25) is 0 Å². The molecule has 0 saturated carbocycles. The Balaban J connectivity index is 0. The first-order valence-corrected chi connectivity index (χ1v) is 9.49. The van der Waals surface area contributed by atoms with Crippen LogP contribution in [0.4, 0.5) is 0 Å². The van der Waals surface area contributed by atoms with Crippen LogP contribution >= 0.6 is 25.3 Å². The minimum Gasteiger partial charge on any atom is -0.744 e. The largest absolute Gasteiger partial charge is 1.00 e. The van der Waals surface area contributed by atoms with E-state index in [-0.39, 0.29) is 80.4 Å². The smallest absolute Gasteiger partial charge is 0.744 e. The molecule has 0 atom stereocenters. The number of rotatable bonds is 2. The number of hydrogen-bond donors (Lipinski definition) is 4. The fourth-order valence-corrected chi connectivity index (χ4v) is 2.58. The van der Waals surface area contributed by atoms with Crippen LogP contribution in [0.3, 0.4) is 0 Å². The summed E-state index contributed by atoms with van der Waals surface area (Å²) in [7, 11) is -8.97. The Morgan fingerprint density at radius 1 is 0.692 bits per heavy atom. The maximum Gasteiger partial charge on any atom is 1.00 e. The van der Waals surface area contributed by atoms with E-state index in [1.54, 1.807) is 0 Å². The third-order valence-electron chi connectivity index (χ3n) is 2.47. The monoisotopic (exact) mass is 456 g/mol. The van der Waals surface area contributed by atoms with Crippen LogP contribution in [0.5, 0.6) is 11.5 Å². The van der Waals surface area contributed by atoms with Crippen molar-refractivity contribution < 1.29 is 95.3 Å². The van der Waals surface area contributed by atoms with E-state index in [1.807, 2.05) is 0 Å². The summed E-state index contributed by atoms with van der Waals surface area (Å²) in [5, 5.41) is 18.0. The number of phenolic OH excluding ortho intramolecular Hbond substituents is 2. The molecule has 2 aromatic carbocycles. The molecule has 132 valence electrons. The molecule has 0 heterocycles. The van der Waals surface area contributed by atoms with Crippen LogP contribution in [-0.2, 0) is 20.2 Å². The SMILES string of the molecule is O=S(=O)([O-])c1ccc(S)c(O)c1.O=S(=O)([O-])c1ccc(S)c(O)c1.[Na+].[Na+]. The molecule has 14 heteroatoms. The zero-order valence-corrected chi connectivity index (χ0v) is 20.9. The molecular weight excluding hydrogens is 446 g/mol. The Morgan fingerprint density at radius 3 is 1.15 bits per heavy atom. The minimum absolute atomic E-state index is 0. The summed E-state index contributed by atoms with van der Waals surface area (Å²) in [4.78, 5) is -0.472.